The van der Waals surface area contributed by atoms with Crippen LogP contribution in [-0.2, 0) is 0 Å². The molecule has 4 rings (SSSR count). The topological polar surface area (TPSA) is 56.7 Å². The molecule has 1 N–H and O–H groups in total. The molecule has 0 spiro atoms. The predicted octanol–water partition coefficient (Wildman–Crippen LogP) is 3.39. The van der Waals surface area contributed by atoms with Crippen molar-refractivity contribution < 1.29 is 4.39 Å². The fourth-order valence-corrected chi connectivity index (χ4v) is 3.11. The first-order chi connectivity index (χ1) is 13.8. The normalized spacial score (nSPS) is 14.5. The summed E-state index contributed by atoms with van der Waals surface area (Å²) in [6.07, 6.45) is 1.61. The van der Waals surface area contributed by atoms with Crippen molar-refractivity contribution in [3.8, 4) is 0 Å². The van der Waals surface area contributed by atoms with Gasteiger partial charge < -0.3 is 9.80 Å². The summed E-state index contributed by atoms with van der Waals surface area (Å²) in [6, 6.07) is 20.4. The highest BCUT2D eigenvalue weighted by atomic mass is 19.1. The van der Waals surface area contributed by atoms with E-state index in [1.165, 1.54) is 17.8 Å². The van der Waals surface area contributed by atoms with E-state index in [1.807, 2.05) is 18.2 Å². The van der Waals surface area contributed by atoms with Crippen LogP contribution in [0.1, 0.15) is 5.56 Å². The van der Waals surface area contributed by atoms with Crippen LogP contribution >= 0.6 is 0 Å². The lowest BCUT2D eigenvalue weighted by Crippen LogP contribution is -2.46. The fourth-order valence-electron chi connectivity index (χ4n) is 3.11. The van der Waals surface area contributed by atoms with Gasteiger partial charge in [0.1, 0.15) is 5.82 Å². The molecule has 1 aliphatic rings. The zero-order valence-electron chi connectivity index (χ0n) is 15.4. The Labute approximate surface area is 163 Å². The zero-order chi connectivity index (χ0) is 19.2. The fraction of sp³-hybridized carbons (Fsp3) is 0.190. The molecule has 0 saturated carbocycles. The van der Waals surface area contributed by atoms with Gasteiger partial charge in [0.05, 0.1) is 6.21 Å². The summed E-state index contributed by atoms with van der Waals surface area (Å²) >= 11 is 0. The van der Waals surface area contributed by atoms with Gasteiger partial charge in [-0.2, -0.15) is 5.10 Å². The number of nitrogens with zero attached hydrogens (tertiary/aromatic N) is 5. The number of hydrogen-bond acceptors (Lipinski definition) is 6. The van der Waals surface area contributed by atoms with Crippen LogP contribution in [-0.4, -0.2) is 42.6 Å². The molecule has 1 fully saturated rings. The Morgan fingerprint density at radius 1 is 0.821 bits per heavy atom. The first-order valence-corrected chi connectivity index (χ1v) is 9.21. The Kier molecular flexibility index (Phi) is 5.42. The lowest BCUT2D eigenvalue weighted by molar-refractivity contribution is 0.628. The van der Waals surface area contributed by atoms with Crippen molar-refractivity contribution in [3.05, 3.63) is 78.1 Å². The Morgan fingerprint density at radius 2 is 1.54 bits per heavy atom. The zero-order valence-corrected chi connectivity index (χ0v) is 15.4. The third kappa shape index (κ3) is 4.43. The molecule has 6 nitrogen and oxygen atoms in total. The van der Waals surface area contributed by atoms with Crippen molar-refractivity contribution in [3.63, 3.8) is 0 Å². The van der Waals surface area contributed by atoms with Crippen LogP contribution in [0.2, 0.25) is 0 Å². The summed E-state index contributed by atoms with van der Waals surface area (Å²) in [4.78, 5) is 4.61. The molecule has 28 heavy (non-hydrogen) atoms. The molecule has 0 radical (unpaired) electrons. The molecule has 0 atom stereocenters. The summed E-state index contributed by atoms with van der Waals surface area (Å²) in [5.74, 6) is 1.15. The van der Waals surface area contributed by atoms with E-state index in [-0.39, 0.29) is 5.82 Å². The molecule has 0 unspecified atom stereocenters. The standard InChI is InChI=1S/C21H21FN6/c22-18-8-6-17(7-9-18)16-23-24-20-10-11-21(26-25-20)28-14-12-27(13-15-28)19-4-2-1-3-5-19/h1-11,16H,12-15H2,(H,24,25). The first-order valence-electron chi connectivity index (χ1n) is 9.21. The van der Waals surface area contributed by atoms with Gasteiger partial charge in [0, 0.05) is 31.9 Å². The number of halogens is 1. The van der Waals surface area contributed by atoms with Crippen LogP contribution in [0.3, 0.4) is 0 Å². The quantitative estimate of drug-likeness (QED) is 0.546. The summed E-state index contributed by atoms with van der Waals surface area (Å²) in [5, 5.41) is 12.6. The second-order valence-electron chi connectivity index (χ2n) is 6.51. The lowest BCUT2D eigenvalue weighted by Gasteiger charge is -2.36. The minimum atomic E-state index is -0.267. The average Bonchev–Trinajstić information content (AvgIpc) is 2.76. The molecule has 7 heteroatoms. The van der Waals surface area contributed by atoms with Crippen molar-refractivity contribution in [1.29, 1.82) is 0 Å². The number of anilines is 3. The number of para-hydroxylation sites is 1. The summed E-state index contributed by atoms with van der Waals surface area (Å²) < 4.78 is 12.9. The van der Waals surface area contributed by atoms with Gasteiger partial charge in [0.2, 0.25) is 0 Å². The van der Waals surface area contributed by atoms with Gasteiger partial charge in [-0.05, 0) is 42.0 Å². The van der Waals surface area contributed by atoms with Crippen molar-refractivity contribution in [2.45, 2.75) is 0 Å². The Hall–Kier alpha value is -3.48. The second-order valence-corrected chi connectivity index (χ2v) is 6.51. The highest BCUT2D eigenvalue weighted by molar-refractivity contribution is 5.79. The van der Waals surface area contributed by atoms with Crippen LogP contribution < -0.4 is 15.2 Å². The SMILES string of the molecule is Fc1ccc(C=NNc2ccc(N3CCN(c4ccccc4)CC3)nn2)cc1. The van der Waals surface area contributed by atoms with E-state index in [0.717, 1.165) is 37.6 Å². The number of benzene rings is 2. The molecule has 1 aromatic heterocycles. The first kappa shape index (κ1) is 17.9. The Morgan fingerprint density at radius 3 is 2.21 bits per heavy atom. The van der Waals surface area contributed by atoms with Crippen LogP contribution in [0.4, 0.5) is 21.7 Å². The van der Waals surface area contributed by atoms with Gasteiger partial charge in [-0.25, -0.2) is 4.39 Å². The number of piperazine rings is 1. The largest absolute Gasteiger partial charge is 0.368 e. The van der Waals surface area contributed by atoms with Crippen LogP contribution in [0, 0.1) is 5.82 Å². The third-order valence-corrected chi connectivity index (χ3v) is 4.64. The van der Waals surface area contributed by atoms with E-state index in [4.69, 9.17) is 0 Å². The van der Waals surface area contributed by atoms with Crippen LogP contribution in [0.25, 0.3) is 0 Å². The second kappa shape index (κ2) is 8.47. The highest BCUT2D eigenvalue weighted by Crippen LogP contribution is 2.19. The maximum atomic E-state index is 12.9. The van der Waals surface area contributed by atoms with Gasteiger partial charge in [-0.3, -0.25) is 5.43 Å². The van der Waals surface area contributed by atoms with E-state index in [9.17, 15) is 4.39 Å². The maximum absolute atomic E-state index is 12.9. The third-order valence-electron chi connectivity index (χ3n) is 4.64. The minimum absolute atomic E-state index is 0.267. The van der Waals surface area contributed by atoms with E-state index < -0.39 is 0 Å². The van der Waals surface area contributed by atoms with Crippen molar-refractivity contribution in [2.24, 2.45) is 5.10 Å². The number of rotatable bonds is 5. The predicted molar refractivity (Wildman–Crippen MR) is 111 cm³/mol. The van der Waals surface area contributed by atoms with Crippen molar-refractivity contribution in [1.82, 2.24) is 10.2 Å². The number of aromatic nitrogens is 2. The van der Waals surface area contributed by atoms with Crippen LogP contribution in [0.5, 0.6) is 0 Å². The van der Waals surface area contributed by atoms with E-state index in [1.54, 1.807) is 18.3 Å². The molecule has 0 bridgehead atoms. The van der Waals surface area contributed by atoms with Gasteiger partial charge in [0.15, 0.2) is 11.6 Å². The van der Waals surface area contributed by atoms with Crippen molar-refractivity contribution in [2.75, 3.05) is 41.4 Å². The smallest absolute Gasteiger partial charge is 0.168 e. The number of hydrogen-bond donors (Lipinski definition) is 1. The molecule has 0 amide bonds. The highest BCUT2D eigenvalue weighted by Gasteiger charge is 2.18. The van der Waals surface area contributed by atoms with Gasteiger partial charge >= 0.3 is 0 Å². The van der Waals surface area contributed by atoms with Crippen molar-refractivity contribution >= 4 is 23.5 Å². The molecule has 2 heterocycles. The summed E-state index contributed by atoms with van der Waals surface area (Å²) in [7, 11) is 0. The number of nitrogens with one attached hydrogen (secondary N) is 1. The molecular formula is C21H21FN6. The molecule has 3 aromatic rings. The van der Waals surface area contributed by atoms with E-state index in [2.05, 4.69) is 54.8 Å². The van der Waals surface area contributed by atoms with Gasteiger partial charge in [0.25, 0.3) is 0 Å². The molecule has 1 saturated heterocycles. The molecule has 142 valence electrons. The van der Waals surface area contributed by atoms with E-state index in [0.29, 0.717) is 5.82 Å². The molecular weight excluding hydrogens is 355 g/mol. The summed E-state index contributed by atoms with van der Waals surface area (Å²) in [5.41, 5.74) is 4.90. The van der Waals surface area contributed by atoms with E-state index >= 15 is 0 Å². The minimum Gasteiger partial charge on any atom is -0.368 e. The molecule has 1 aliphatic heterocycles. The average molecular weight is 376 g/mol. The molecule has 2 aromatic carbocycles. The van der Waals surface area contributed by atoms with Gasteiger partial charge in [-0.1, -0.05) is 30.3 Å². The Balaban J connectivity index is 1.30. The van der Waals surface area contributed by atoms with Gasteiger partial charge in [-0.15, -0.1) is 10.2 Å². The molecule has 0 aliphatic carbocycles. The monoisotopic (exact) mass is 376 g/mol. The lowest BCUT2D eigenvalue weighted by atomic mass is 10.2. The van der Waals surface area contributed by atoms with Crippen LogP contribution in [0.15, 0.2) is 71.8 Å². The maximum Gasteiger partial charge on any atom is 0.168 e. The Bertz CT molecular complexity index is 904. The summed E-state index contributed by atoms with van der Waals surface area (Å²) in [6.45, 7) is 3.71. The number of hydrazone groups is 1.